The van der Waals surface area contributed by atoms with Crippen LogP contribution in [0.4, 0.5) is 17.6 Å². The SMILES string of the molecule is C1CC1.CC(C)(C)C(F)F.Cc1nonc1C(=O)NCc1nc2ccc(CNC(=O)CC3CC(F)(F)C3)cc2[nH]1. The standard InChI is InChI=1S/C19H20F2N6O3.C5H10F2.C3H6/c1-10-17(27-30-26-10)18(29)23-9-15-24-13-3-2-11(4-14(13)25-15)8-22-16(28)5-12-6-19(20,21)7-12;1-5(2,3)4(6)7;1-2-3-1/h2-4,12H,5-9H2,1H3,(H,22,28)(H,23,29)(H,24,25);4H,1-3H3;1-3H2. The summed E-state index contributed by atoms with van der Waals surface area (Å²) in [6.07, 6.45) is 1.98. The number of benzene rings is 1. The Labute approximate surface area is 229 Å². The molecule has 9 nitrogen and oxygen atoms in total. The van der Waals surface area contributed by atoms with Gasteiger partial charge in [0.2, 0.25) is 18.3 Å². The summed E-state index contributed by atoms with van der Waals surface area (Å²) in [6, 6.07) is 5.47. The maximum absolute atomic E-state index is 12.9. The number of carbonyl (C=O) groups is 2. The lowest BCUT2D eigenvalue weighted by molar-refractivity contribution is -0.133. The molecule has 0 atom stereocenters. The van der Waals surface area contributed by atoms with E-state index in [0.717, 1.165) is 11.1 Å². The van der Waals surface area contributed by atoms with Crippen molar-refractivity contribution in [3.8, 4) is 0 Å². The molecule has 3 N–H and O–H groups in total. The molecule has 2 saturated carbocycles. The summed E-state index contributed by atoms with van der Waals surface area (Å²) in [4.78, 5) is 31.5. The second kappa shape index (κ2) is 13.2. The van der Waals surface area contributed by atoms with Crippen molar-refractivity contribution >= 4 is 22.8 Å². The van der Waals surface area contributed by atoms with Crippen LogP contribution in [0, 0.1) is 18.3 Å². The van der Waals surface area contributed by atoms with Crippen molar-refractivity contribution in [2.45, 2.75) is 91.7 Å². The van der Waals surface area contributed by atoms with E-state index in [9.17, 15) is 27.2 Å². The van der Waals surface area contributed by atoms with Crippen LogP contribution in [0.25, 0.3) is 11.0 Å². The van der Waals surface area contributed by atoms with Gasteiger partial charge in [-0.2, -0.15) is 0 Å². The lowest BCUT2D eigenvalue weighted by Crippen LogP contribution is -2.38. The quantitative estimate of drug-likeness (QED) is 0.314. The molecule has 2 amide bonds. The van der Waals surface area contributed by atoms with Gasteiger partial charge in [0.05, 0.1) is 17.6 Å². The van der Waals surface area contributed by atoms with E-state index in [2.05, 4.69) is 35.5 Å². The molecule has 13 heteroatoms. The molecule has 0 unspecified atom stereocenters. The Bertz CT molecular complexity index is 1270. The first-order chi connectivity index (χ1) is 18.7. The van der Waals surface area contributed by atoms with E-state index in [1.165, 1.54) is 40.0 Å². The van der Waals surface area contributed by atoms with Gasteiger partial charge in [0, 0.05) is 31.2 Å². The first-order valence-electron chi connectivity index (χ1n) is 13.2. The number of aromatic amines is 1. The highest BCUT2D eigenvalue weighted by molar-refractivity contribution is 5.92. The van der Waals surface area contributed by atoms with Gasteiger partial charge in [0.1, 0.15) is 11.5 Å². The van der Waals surface area contributed by atoms with Gasteiger partial charge in [-0.25, -0.2) is 27.2 Å². The van der Waals surface area contributed by atoms with Crippen LogP contribution in [0.1, 0.15) is 86.9 Å². The fraction of sp³-hybridized carbons (Fsp3) is 0.593. The molecule has 0 radical (unpaired) electrons. The minimum atomic E-state index is -2.61. The van der Waals surface area contributed by atoms with Crippen molar-refractivity contribution in [1.82, 2.24) is 30.9 Å². The maximum Gasteiger partial charge on any atom is 0.275 e. The second-order valence-electron chi connectivity index (χ2n) is 11.3. The van der Waals surface area contributed by atoms with Crippen molar-refractivity contribution in [3.05, 3.63) is 41.0 Å². The number of halogens is 4. The largest absolute Gasteiger partial charge is 0.352 e. The zero-order chi connectivity index (χ0) is 29.5. The highest BCUT2D eigenvalue weighted by atomic mass is 19.3. The zero-order valence-corrected chi connectivity index (χ0v) is 23.1. The second-order valence-corrected chi connectivity index (χ2v) is 11.3. The van der Waals surface area contributed by atoms with Crippen LogP contribution in [0.3, 0.4) is 0 Å². The van der Waals surface area contributed by atoms with Gasteiger partial charge in [-0.15, -0.1) is 0 Å². The van der Waals surface area contributed by atoms with Crippen LogP contribution >= 0.6 is 0 Å². The number of amides is 2. The summed E-state index contributed by atoms with van der Waals surface area (Å²) in [5, 5.41) is 12.6. The van der Waals surface area contributed by atoms with Crippen LogP contribution < -0.4 is 10.6 Å². The molecule has 1 aromatic carbocycles. The number of nitrogens with zero attached hydrogens (tertiary/aromatic N) is 3. The topological polar surface area (TPSA) is 126 Å². The summed E-state index contributed by atoms with van der Waals surface area (Å²) in [6.45, 7) is 6.61. The Kier molecular flexibility index (Phi) is 10.3. The molecule has 3 aromatic rings. The molecule has 2 heterocycles. The third-order valence-corrected chi connectivity index (χ3v) is 6.03. The molecule has 5 rings (SSSR count). The normalized spacial score (nSPS) is 15.8. The number of carbonyl (C=O) groups excluding carboxylic acids is 2. The van der Waals surface area contributed by atoms with Gasteiger partial charge in [-0.3, -0.25) is 9.59 Å². The number of hydrogen-bond donors (Lipinski definition) is 3. The molecule has 2 aliphatic carbocycles. The molecule has 2 aromatic heterocycles. The number of H-pyrrole nitrogens is 1. The first-order valence-corrected chi connectivity index (χ1v) is 13.2. The number of aryl methyl sites for hydroxylation is 1. The summed E-state index contributed by atoms with van der Waals surface area (Å²) in [5.41, 5.74) is 2.00. The third kappa shape index (κ3) is 9.91. The summed E-state index contributed by atoms with van der Waals surface area (Å²) >= 11 is 0. The molecule has 40 heavy (non-hydrogen) atoms. The van der Waals surface area contributed by atoms with Crippen molar-refractivity contribution in [3.63, 3.8) is 0 Å². The fourth-order valence-corrected chi connectivity index (χ4v) is 3.45. The van der Waals surface area contributed by atoms with Gasteiger partial charge < -0.3 is 15.6 Å². The van der Waals surface area contributed by atoms with E-state index in [0.29, 0.717) is 23.6 Å². The summed E-state index contributed by atoms with van der Waals surface area (Å²) in [7, 11) is 0. The Balaban J connectivity index is 0.000000374. The number of rotatable bonds is 7. The van der Waals surface area contributed by atoms with Crippen molar-refractivity contribution in [2.24, 2.45) is 11.3 Å². The maximum atomic E-state index is 12.9. The lowest BCUT2D eigenvalue weighted by Gasteiger charge is -2.34. The average Bonchev–Trinajstić information content (AvgIpc) is 3.58. The van der Waals surface area contributed by atoms with E-state index in [-0.39, 0.29) is 43.3 Å². The van der Waals surface area contributed by atoms with Gasteiger partial charge in [0.25, 0.3) is 5.91 Å². The van der Waals surface area contributed by atoms with Crippen LogP contribution in [0.5, 0.6) is 0 Å². The lowest BCUT2D eigenvalue weighted by atomic mass is 9.79. The molecular weight excluding hydrogens is 532 g/mol. The van der Waals surface area contributed by atoms with Crippen LogP contribution in [0.2, 0.25) is 0 Å². The fourth-order valence-electron chi connectivity index (χ4n) is 3.45. The minimum absolute atomic E-state index is 0.117. The molecule has 0 saturated heterocycles. The van der Waals surface area contributed by atoms with Crippen molar-refractivity contribution in [1.29, 1.82) is 0 Å². The summed E-state index contributed by atoms with van der Waals surface area (Å²) < 4.78 is 53.3. The smallest absolute Gasteiger partial charge is 0.275 e. The molecular formula is C27H36F4N6O3. The molecule has 0 bridgehead atoms. The van der Waals surface area contributed by atoms with Gasteiger partial charge in [-0.05, 0) is 35.7 Å². The molecule has 220 valence electrons. The Morgan fingerprint density at radius 3 is 2.27 bits per heavy atom. The Morgan fingerprint density at radius 2 is 1.75 bits per heavy atom. The third-order valence-electron chi connectivity index (χ3n) is 6.03. The number of fused-ring (bicyclic) bond motifs is 1. The molecule has 2 aliphatic rings. The minimum Gasteiger partial charge on any atom is -0.352 e. The van der Waals surface area contributed by atoms with E-state index in [1.54, 1.807) is 13.0 Å². The van der Waals surface area contributed by atoms with E-state index >= 15 is 0 Å². The number of hydrogen-bond acceptors (Lipinski definition) is 6. The Hall–Kier alpha value is -3.51. The van der Waals surface area contributed by atoms with E-state index < -0.39 is 23.7 Å². The van der Waals surface area contributed by atoms with Gasteiger partial charge in [-0.1, -0.05) is 51.3 Å². The predicted molar refractivity (Wildman–Crippen MR) is 140 cm³/mol. The van der Waals surface area contributed by atoms with E-state index in [1.807, 2.05) is 12.1 Å². The first kappa shape index (κ1) is 31.0. The van der Waals surface area contributed by atoms with Crippen molar-refractivity contribution < 1.29 is 31.8 Å². The highest BCUT2D eigenvalue weighted by Crippen LogP contribution is 2.43. The zero-order valence-electron chi connectivity index (χ0n) is 23.1. The van der Waals surface area contributed by atoms with Crippen LogP contribution in [0.15, 0.2) is 22.8 Å². The molecule has 0 aliphatic heterocycles. The highest BCUT2D eigenvalue weighted by Gasteiger charge is 2.45. The predicted octanol–water partition coefficient (Wildman–Crippen LogP) is 5.70. The molecule has 0 spiro atoms. The van der Waals surface area contributed by atoms with Gasteiger partial charge >= 0.3 is 0 Å². The van der Waals surface area contributed by atoms with Gasteiger partial charge in [0.15, 0.2) is 5.69 Å². The van der Waals surface area contributed by atoms with Crippen LogP contribution in [-0.4, -0.2) is 44.4 Å². The van der Waals surface area contributed by atoms with Crippen LogP contribution in [-0.2, 0) is 17.9 Å². The average molecular weight is 569 g/mol. The summed E-state index contributed by atoms with van der Waals surface area (Å²) in [5.74, 6) is -2.95. The number of nitrogens with one attached hydrogen (secondary N) is 3. The van der Waals surface area contributed by atoms with E-state index in [4.69, 9.17) is 0 Å². The monoisotopic (exact) mass is 568 g/mol. The number of alkyl halides is 4. The van der Waals surface area contributed by atoms with Crippen molar-refractivity contribution in [2.75, 3.05) is 0 Å². The Morgan fingerprint density at radius 1 is 1.10 bits per heavy atom. The number of imidazole rings is 1. The number of aromatic nitrogens is 4. The molecule has 2 fully saturated rings.